The summed E-state index contributed by atoms with van der Waals surface area (Å²) in [6, 6.07) is 15.7. The molecule has 2 fully saturated rings. The van der Waals surface area contributed by atoms with E-state index in [0.717, 1.165) is 5.56 Å². The van der Waals surface area contributed by atoms with Gasteiger partial charge in [-0.3, -0.25) is 13.5 Å². The van der Waals surface area contributed by atoms with Crippen LogP contribution in [-0.2, 0) is 35.1 Å². The van der Waals surface area contributed by atoms with Gasteiger partial charge in [0.2, 0.25) is 0 Å². The predicted molar refractivity (Wildman–Crippen MR) is 170 cm³/mol. The van der Waals surface area contributed by atoms with Crippen molar-refractivity contribution in [3.8, 4) is 0 Å². The van der Waals surface area contributed by atoms with Crippen LogP contribution >= 0.6 is 11.6 Å². The Labute approximate surface area is 275 Å². The molecule has 4 heterocycles. The van der Waals surface area contributed by atoms with Crippen molar-refractivity contribution in [1.29, 1.82) is 0 Å². The number of hydrogen-bond acceptors (Lipinski definition) is 11. The quantitative estimate of drug-likeness (QED) is 0.256. The third-order valence-corrected chi connectivity index (χ3v) is 9.23. The van der Waals surface area contributed by atoms with E-state index < -0.39 is 51.4 Å². The van der Waals surface area contributed by atoms with Crippen LogP contribution in [0.25, 0.3) is 11.2 Å². The third kappa shape index (κ3) is 7.23. The molecule has 2 aliphatic rings. The van der Waals surface area contributed by atoms with Crippen LogP contribution in [0.4, 0.5) is 10.6 Å². The van der Waals surface area contributed by atoms with E-state index in [2.05, 4.69) is 25.6 Å². The second-order valence-electron chi connectivity index (χ2n) is 12.3. The largest absolute Gasteiger partial charge is 0.444 e. The van der Waals surface area contributed by atoms with Gasteiger partial charge < -0.3 is 24.8 Å². The Balaban J connectivity index is 1.36. The van der Waals surface area contributed by atoms with Gasteiger partial charge in [-0.15, -0.1) is 0 Å². The van der Waals surface area contributed by atoms with Crippen LogP contribution in [-0.4, -0.2) is 76.1 Å². The second-order valence-corrected chi connectivity index (χ2v) is 14.4. The van der Waals surface area contributed by atoms with Crippen LogP contribution in [0, 0.1) is 5.92 Å². The van der Waals surface area contributed by atoms with Gasteiger partial charge in [0.1, 0.15) is 29.5 Å². The number of rotatable bonds is 8. The molecule has 6 rings (SSSR count). The molecule has 2 aromatic carbocycles. The number of ether oxygens (including phenoxy) is 3. The normalized spacial score (nSPS) is 23.6. The fourth-order valence-electron chi connectivity index (χ4n) is 5.67. The van der Waals surface area contributed by atoms with Crippen LogP contribution in [0.1, 0.15) is 42.9 Å². The smallest absolute Gasteiger partial charge is 0.407 e. The lowest BCUT2D eigenvalue weighted by atomic mass is 9.90. The van der Waals surface area contributed by atoms with Gasteiger partial charge in [0.15, 0.2) is 17.0 Å². The Kier molecular flexibility index (Phi) is 8.93. The van der Waals surface area contributed by atoms with Crippen molar-refractivity contribution in [2.45, 2.75) is 50.9 Å². The first-order valence-electron chi connectivity index (χ1n) is 14.7. The highest BCUT2D eigenvalue weighted by Gasteiger charge is 2.62. The molecule has 2 amide bonds. The number of amides is 2. The summed E-state index contributed by atoms with van der Waals surface area (Å²) in [4.78, 5) is 38.9. The molecule has 1 unspecified atom stereocenters. The number of hydrogen-bond donors (Lipinski definition) is 2. The standard InChI is InChI=1S/C31H33ClN6O8S/c1-30(2,3)46-29(40)33-13-22-24(43-14-19-9-11-21(32)12-10-19)31(15-44-47(41,42)16-31)45-28(22)38-18-36-23-25(34-17-35-26(23)38)37-27(39)20-7-5-4-6-8-20/h4-12,17-18,22,24,28H,13-16H2,1-3H3,(H,33,40)(H,34,35,37,39)/t22-,24+,28-,31?/m1/s1. The maximum atomic E-state index is 12.9. The molecule has 2 aliphatic heterocycles. The topological polar surface area (TPSA) is 173 Å². The van der Waals surface area contributed by atoms with Crippen LogP contribution in [0.5, 0.6) is 0 Å². The minimum atomic E-state index is -3.95. The Morgan fingerprint density at radius 1 is 1.09 bits per heavy atom. The highest BCUT2D eigenvalue weighted by Crippen LogP contribution is 2.47. The van der Waals surface area contributed by atoms with Crippen molar-refractivity contribution < 1.29 is 36.4 Å². The molecule has 2 aromatic heterocycles. The zero-order valence-corrected chi connectivity index (χ0v) is 27.3. The summed E-state index contributed by atoms with van der Waals surface area (Å²) in [7, 11) is -3.95. The Hall–Kier alpha value is -4.15. The van der Waals surface area contributed by atoms with E-state index in [0.29, 0.717) is 16.2 Å². The number of alkyl carbamates (subject to hydrolysis) is 1. The third-order valence-electron chi connectivity index (χ3n) is 7.66. The van der Waals surface area contributed by atoms with Gasteiger partial charge in [-0.1, -0.05) is 41.9 Å². The van der Waals surface area contributed by atoms with E-state index in [1.165, 1.54) is 12.7 Å². The number of halogens is 1. The van der Waals surface area contributed by atoms with Gasteiger partial charge in [0, 0.05) is 17.1 Å². The van der Waals surface area contributed by atoms with Gasteiger partial charge in [0.25, 0.3) is 16.0 Å². The molecule has 248 valence electrons. The van der Waals surface area contributed by atoms with Crippen molar-refractivity contribution in [1.82, 2.24) is 24.8 Å². The monoisotopic (exact) mass is 684 g/mol. The van der Waals surface area contributed by atoms with Gasteiger partial charge in [-0.05, 0) is 50.6 Å². The Morgan fingerprint density at radius 3 is 2.51 bits per heavy atom. The summed E-state index contributed by atoms with van der Waals surface area (Å²) < 4.78 is 50.7. The number of carbonyl (C=O) groups is 2. The molecule has 2 N–H and O–H groups in total. The van der Waals surface area contributed by atoms with E-state index in [9.17, 15) is 18.0 Å². The van der Waals surface area contributed by atoms with Crippen LogP contribution in [0.2, 0.25) is 5.02 Å². The SMILES string of the molecule is CC(C)(C)OC(=O)NC[C@H]1[C@H](n2cnc3c(NC(=O)c4ccccc4)ncnc32)OC2(COS(=O)(=O)C2)[C@H]1OCc1ccc(Cl)cc1. The number of imidazole rings is 1. The molecule has 1 spiro atoms. The lowest BCUT2D eigenvalue weighted by Gasteiger charge is -2.29. The minimum Gasteiger partial charge on any atom is -0.444 e. The summed E-state index contributed by atoms with van der Waals surface area (Å²) >= 11 is 6.06. The molecule has 0 saturated carbocycles. The maximum Gasteiger partial charge on any atom is 0.407 e. The number of nitrogens with zero attached hydrogens (tertiary/aromatic N) is 4. The highest BCUT2D eigenvalue weighted by molar-refractivity contribution is 7.87. The van der Waals surface area contributed by atoms with E-state index in [-0.39, 0.29) is 37.0 Å². The van der Waals surface area contributed by atoms with E-state index >= 15 is 0 Å². The first-order chi connectivity index (χ1) is 22.3. The number of aromatic nitrogens is 4. The molecule has 16 heteroatoms. The van der Waals surface area contributed by atoms with Gasteiger partial charge in [0.05, 0.1) is 31.6 Å². The van der Waals surface area contributed by atoms with E-state index in [4.69, 9.17) is 30.0 Å². The minimum absolute atomic E-state index is 0.0327. The molecule has 0 bridgehead atoms. The molecular formula is C31H33ClN6O8S. The summed E-state index contributed by atoms with van der Waals surface area (Å²) in [5.74, 6) is -1.40. The molecule has 0 aliphatic carbocycles. The summed E-state index contributed by atoms with van der Waals surface area (Å²) in [6.45, 7) is 4.98. The Bertz CT molecular complexity index is 1880. The first-order valence-corrected chi connectivity index (χ1v) is 16.7. The number of benzene rings is 2. The molecule has 4 atom stereocenters. The lowest BCUT2D eigenvalue weighted by Crippen LogP contribution is -2.49. The molecule has 14 nitrogen and oxygen atoms in total. The lowest BCUT2D eigenvalue weighted by molar-refractivity contribution is -0.113. The first kappa shape index (κ1) is 32.8. The zero-order chi connectivity index (χ0) is 33.4. The molecule has 2 saturated heterocycles. The molecule has 0 radical (unpaired) electrons. The summed E-state index contributed by atoms with van der Waals surface area (Å²) in [5, 5.41) is 6.12. The van der Waals surface area contributed by atoms with Gasteiger partial charge in [-0.25, -0.2) is 19.7 Å². The summed E-state index contributed by atoms with van der Waals surface area (Å²) in [6.07, 6.45) is 0.217. The molecule has 4 aromatic rings. The maximum absolute atomic E-state index is 12.9. The van der Waals surface area contributed by atoms with Crippen molar-refractivity contribution in [2.75, 3.05) is 24.2 Å². The van der Waals surface area contributed by atoms with Crippen LogP contribution in [0.15, 0.2) is 67.3 Å². The van der Waals surface area contributed by atoms with E-state index in [1.54, 1.807) is 79.9 Å². The van der Waals surface area contributed by atoms with E-state index in [1.807, 2.05) is 0 Å². The van der Waals surface area contributed by atoms with Crippen molar-refractivity contribution >= 4 is 50.7 Å². The number of carbonyl (C=O) groups excluding carboxylic acids is 2. The molecular weight excluding hydrogens is 652 g/mol. The predicted octanol–water partition coefficient (Wildman–Crippen LogP) is 4.09. The molecule has 47 heavy (non-hydrogen) atoms. The fourth-order valence-corrected chi connectivity index (χ4v) is 7.17. The van der Waals surface area contributed by atoms with Crippen molar-refractivity contribution in [3.05, 3.63) is 83.4 Å². The average Bonchev–Trinajstić information content (AvgIpc) is 3.68. The zero-order valence-electron chi connectivity index (χ0n) is 25.8. The van der Waals surface area contributed by atoms with Crippen molar-refractivity contribution in [2.24, 2.45) is 5.92 Å². The van der Waals surface area contributed by atoms with Gasteiger partial charge in [-0.2, -0.15) is 8.42 Å². The number of anilines is 1. The van der Waals surface area contributed by atoms with Gasteiger partial charge >= 0.3 is 6.09 Å². The van der Waals surface area contributed by atoms with Crippen LogP contribution in [0.3, 0.4) is 0 Å². The fraction of sp³-hybridized carbons (Fsp3) is 0.387. The van der Waals surface area contributed by atoms with Crippen LogP contribution < -0.4 is 10.6 Å². The average molecular weight is 685 g/mol. The highest BCUT2D eigenvalue weighted by atomic mass is 35.5. The second kappa shape index (κ2) is 12.8. The number of fused-ring (bicyclic) bond motifs is 1. The van der Waals surface area contributed by atoms with Crippen molar-refractivity contribution in [3.63, 3.8) is 0 Å². The Morgan fingerprint density at radius 2 is 1.83 bits per heavy atom. The number of nitrogens with one attached hydrogen (secondary N) is 2. The summed E-state index contributed by atoms with van der Waals surface area (Å²) in [5.41, 5.74) is -0.416.